The summed E-state index contributed by atoms with van der Waals surface area (Å²) in [6, 6.07) is 5.73. The maximum Gasteiger partial charge on any atom is 0.335 e. The summed E-state index contributed by atoms with van der Waals surface area (Å²) in [6.07, 6.45) is 12.1. The van der Waals surface area contributed by atoms with Crippen LogP contribution in [0.3, 0.4) is 0 Å². The van der Waals surface area contributed by atoms with Gasteiger partial charge in [0.2, 0.25) is 0 Å². The van der Waals surface area contributed by atoms with Crippen LogP contribution in [0, 0.1) is 0 Å². The quantitative estimate of drug-likeness (QED) is 0.493. The summed E-state index contributed by atoms with van der Waals surface area (Å²) < 4.78 is 0. The van der Waals surface area contributed by atoms with Gasteiger partial charge in [-0.2, -0.15) is 0 Å². The number of benzene rings is 1. The minimum atomic E-state index is -0.984. The van der Waals surface area contributed by atoms with Crippen molar-refractivity contribution >= 4 is 12.3 Å². The lowest BCUT2D eigenvalue weighted by atomic mass is 10.1. The number of carbonyl (C=O) groups is 2. The molecule has 0 bridgehead atoms. The smallest absolute Gasteiger partial charge is 0.335 e. The molecule has 0 unspecified atom stereocenters. The molecule has 0 spiro atoms. The van der Waals surface area contributed by atoms with Crippen molar-refractivity contribution in [2.75, 3.05) is 0 Å². The number of hydrogen-bond acceptors (Lipinski definition) is 2. The maximum absolute atomic E-state index is 10.3. The third-order valence-corrected chi connectivity index (χ3v) is 3.25. The molecule has 0 radical (unpaired) electrons. The highest BCUT2D eigenvalue weighted by molar-refractivity contribution is 5.88. The molecular weight excluding hydrogens is 264 g/mol. The van der Waals surface area contributed by atoms with Crippen molar-refractivity contribution < 1.29 is 14.7 Å². The highest BCUT2D eigenvalue weighted by atomic mass is 16.4. The van der Waals surface area contributed by atoms with Gasteiger partial charge in [-0.1, -0.05) is 77.3 Å². The minimum Gasteiger partial charge on any atom is -0.478 e. The van der Waals surface area contributed by atoms with Gasteiger partial charge in [-0.3, -0.25) is 4.79 Å². The van der Waals surface area contributed by atoms with E-state index in [4.69, 9.17) is 5.11 Å². The topological polar surface area (TPSA) is 54.4 Å². The van der Waals surface area contributed by atoms with Crippen molar-refractivity contribution in [2.24, 2.45) is 0 Å². The van der Waals surface area contributed by atoms with Gasteiger partial charge in [-0.05, 0) is 12.1 Å². The van der Waals surface area contributed by atoms with Gasteiger partial charge >= 0.3 is 5.97 Å². The molecule has 0 atom stereocenters. The molecule has 0 aromatic heterocycles. The van der Waals surface area contributed by atoms with E-state index >= 15 is 0 Å². The van der Waals surface area contributed by atoms with Gasteiger partial charge in [0, 0.05) is 5.56 Å². The van der Waals surface area contributed by atoms with E-state index in [2.05, 4.69) is 13.8 Å². The predicted octanol–water partition coefficient (Wildman–Crippen LogP) is 5.34. The zero-order valence-electron chi connectivity index (χ0n) is 13.3. The highest BCUT2D eigenvalue weighted by Gasteiger charge is 1.99. The fraction of sp³-hybridized carbons (Fsp3) is 0.556. The van der Waals surface area contributed by atoms with E-state index in [0.29, 0.717) is 11.8 Å². The number of carbonyl (C=O) groups excluding carboxylic acids is 1. The molecular formula is C18H28O3. The van der Waals surface area contributed by atoms with E-state index in [0.717, 1.165) is 0 Å². The molecule has 1 aromatic carbocycles. The van der Waals surface area contributed by atoms with Crippen LogP contribution in [-0.4, -0.2) is 17.4 Å². The lowest BCUT2D eigenvalue weighted by Crippen LogP contribution is -1.95. The van der Waals surface area contributed by atoms with Crippen LogP contribution in [0.5, 0.6) is 0 Å². The fourth-order valence-electron chi connectivity index (χ4n) is 1.91. The third kappa shape index (κ3) is 10.8. The molecule has 0 fully saturated rings. The largest absolute Gasteiger partial charge is 0.478 e. The van der Waals surface area contributed by atoms with Gasteiger partial charge in [0.1, 0.15) is 6.29 Å². The van der Waals surface area contributed by atoms with Gasteiger partial charge in [0.25, 0.3) is 0 Å². The monoisotopic (exact) mass is 292 g/mol. The Kier molecular flexibility index (Phi) is 12.3. The average Bonchev–Trinajstić information content (AvgIpc) is 2.51. The Balaban J connectivity index is 0.000000384. The first-order valence-electron chi connectivity index (χ1n) is 7.94. The second kappa shape index (κ2) is 13.3. The van der Waals surface area contributed by atoms with Crippen LogP contribution in [0.1, 0.15) is 85.9 Å². The van der Waals surface area contributed by atoms with Crippen LogP contribution in [-0.2, 0) is 0 Å². The van der Waals surface area contributed by atoms with Crippen LogP contribution in [0.15, 0.2) is 24.3 Å². The third-order valence-electron chi connectivity index (χ3n) is 3.25. The Hall–Kier alpha value is -1.64. The number of aldehydes is 1. The summed E-state index contributed by atoms with van der Waals surface area (Å²) in [4.78, 5) is 20.5. The number of carboxylic acids is 1. The Labute approximate surface area is 128 Å². The van der Waals surface area contributed by atoms with Crippen molar-refractivity contribution in [2.45, 2.75) is 65.2 Å². The molecule has 0 aliphatic carbocycles. The summed E-state index contributed by atoms with van der Waals surface area (Å²) >= 11 is 0. The van der Waals surface area contributed by atoms with Gasteiger partial charge in [0.15, 0.2) is 0 Å². The number of rotatable bonds is 9. The Morgan fingerprint density at radius 1 is 0.905 bits per heavy atom. The first-order chi connectivity index (χ1) is 10.2. The molecule has 118 valence electrons. The number of carboxylic acid groups (broad SMARTS) is 1. The SMILES string of the molecule is CCCCCCCCCC.O=Cc1ccc(C(=O)O)cc1. The van der Waals surface area contributed by atoms with Gasteiger partial charge < -0.3 is 5.11 Å². The number of hydrogen-bond donors (Lipinski definition) is 1. The Morgan fingerprint density at radius 3 is 1.67 bits per heavy atom. The van der Waals surface area contributed by atoms with Crippen molar-refractivity contribution in [3.8, 4) is 0 Å². The second-order valence-electron chi connectivity index (χ2n) is 5.17. The molecule has 1 rings (SSSR count). The van der Waals surface area contributed by atoms with Crippen LogP contribution >= 0.6 is 0 Å². The second-order valence-corrected chi connectivity index (χ2v) is 5.17. The van der Waals surface area contributed by atoms with Gasteiger partial charge in [0.05, 0.1) is 5.56 Å². The van der Waals surface area contributed by atoms with E-state index in [9.17, 15) is 9.59 Å². The molecule has 21 heavy (non-hydrogen) atoms. The van der Waals surface area contributed by atoms with Crippen LogP contribution in [0.25, 0.3) is 0 Å². The standard InChI is InChI=1S/C10H22.C8H6O3/c1-3-5-7-9-10-8-6-4-2;9-5-6-1-3-7(4-2-6)8(10)11/h3-10H2,1-2H3;1-5H,(H,10,11). The normalized spacial score (nSPS) is 9.62. The molecule has 0 aliphatic heterocycles. The number of unbranched alkanes of at least 4 members (excludes halogenated alkanes) is 7. The molecule has 0 aliphatic rings. The first-order valence-corrected chi connectivity index (χ1v) is 7.94. The summed E-state index contributed by atoms with van der Waals surface area (Å²) in [5, 5.41) is 8.46. The van der Waals surface area contributed by atoms with Crippen molar-refractivity contribution in [1.82, 2.24) is 0 Å². The van der Waals surface area contributed by atoms with Gasteiger partial charge in [-0.15, -0.1) is 0 Å². The summed E-state index contributed by atoms with van der Waals surface area (Å²) in [5.74, 6) is -0.984. The highest BCUT2D eigenvalue weighted by Crippen LogP contribution is 2.07. The zero-order chi connectivity index (χ0) is 15.9. The lowest BCUT2D eigenvalue weighted by Gasteiger charge is -1.97. The summed E-state index contributed by atoms with van der Waals surface area (Å²) in [5.41, 5.74) is 0.672. The van der Waals surface area contributed by atoms with E-state index < -0.39 is 5.97 Å². The van der Waals surface area contributed by atoms with E-state index in [1.165, 1.54) is 75.6 Å². The van der Waals surface area contributed by atoms with Crippen LogP contribution in [0.2, 0.25) is 0 Å². The minimum absolute atomic E-state index is 0.190. The zero-order valence-corrected chi connectivity index (χ0v) is 13.3. The van der Waals surface area contributed by atoms with Crippen molar-refractivity contribution in [3.63, 3.8) is 0 Å². The fourth-order valence-corrected chi connectivity index (χ4v) is 1.91. The van der Waals surface area contributed by atoms with Gasteiger partial charge in [-0.25, -0.2) is 4.79 Å². The molecule has 0 saturated heterocycles. The maximum atomic E-state index is 10.3. The molecule has 1 N–H and O–H groups in total. The summed E-state index contributed by atoms with van der Waals surface area (Å²) in [7, 11) is 0. The molecule has 0 saturated carbocycles. The van der Waals surface area contributed by atoms with Crippen molar-refractivity contribution in [1.29, 1.82) is 0 Å². The Morgan fingerprint density at radius 2 is 1.33 bits per heavy atom. The summed E-state index contributed by atoms with van der Waals surface area (Å²) in [6.45, 7) is 4.54. The van der Waals surface area contributed by atoms with E-state index in [-0.39, 0.29) is 5.56 Å². The number of aromatic carboxylic acids is 1. The predicted molar refractivity (Wildman–Crippen MR) is 87.1 cm³/mol. The lowest BCUT2D eigenvalue weighted by molar-refractivity contribution is 0.0696. The van der Waals surface area contributed by atoms with Crippen LogP contribution in [0.4, 0.5) is 0 Å². The molecule has 3 heteroatoms. The molecule has 3 nitrogen and oxygen atoms in total. The van der Waals surface area contributed by atoms with Crippen molar-refractivity contribution in [3.05, 3.63) is 35.4 Å². The molecule has 1 aromatic rings. The Bertz CT molecular complexity index is 374. The molecule has 0 amide bonds. The van der Waals surface area contributed by atoms with E-state index in [1.54, 1.807) is 0 Å². The molecule has 0 heterocycles. The van der Waals surface area contributed by atoms with E-state index in [1.807, 2.05) is 0 Å². The van der Waals surface area contributed by atoms with Crippen LogP contribution < -0.4 is 0 Å². The first kappa shape index (κ1) is 19.4. The average molecular weight is 292 g/mol.